The Kier molecular flexibility index (Phi) is 6.79. The molecular weight excluding hydrogens is 441 g/mol. The van der Waals surface area contributed by atoms with E-state index in [1.165, 1.54) is 16.8 Å². The number of nitrogens with zero attached hydrogens (tertiary/aromatic N) is 3. The first kappa shape index (κ1) is 25.1. The maximum atomic E-state index is 14.4. The van der Waals surface area contributed by atoms with Gasteiger partial charge in [-0.3, -0.25) is 4.79 Å². The highest BCUT2D eigenvalue weighted by molar-refractivity contribution is 6.76. The molecule has 1 aromatic carbocycles. The van der Waals surface area contributed by atoms with E-state index in [9.17, 15) is 9.18 Å². The van der Waals surface area contributed by atoms with E-state index in [2.05, 4.69) is 53.5 Å². The van der Waals surface area contributed by atoms with E-state index < -0.39 is 22.2 Å². The predicted molar refractivity (Wildman–Crippen MR) is 134 cm³/mol. The number of aromatic nitrogens is 2. The van der Waals surface area contributed by atoms with Crippen LogP contribution in [-0.2, 0) is 15.9 Å². The lowest BCUT2D eigenvalue weighted by Crippen LogP contribution is -2.45. The fraction of sp³-hybridized carbons (Fsp3) is 0.652. The molecule has 0 radical (unpaired) electrons. The summed E-state index contributed by atoms with van der Waals surface area (Å²) in [6, 6.07) is 3.79. The van der Waals surface area contributed by atoms with Gasteiger partial charge < -0.3 is 14.1 Å². The van der Waals surface area contributed by atoms with Gasteiger partial charge in [-0.05, 0) is 36.3 Å². The maximum Gasteiger partial charge on any atom is 0.277 e. The van der Waals surface area contributed by atoms with Crippen molar-refractivity contribution in [1.82, 2.24) is 9.78 Å². The van der Waals surface area contributed by atoms with E-state index in [0.29, 0.717) is 35.3 Å². The van der Waals surface area contributed by atoms with Gasteiger partial charge in [0.15, 0.2) is 8.32 Å². The molecule has 1 unspecified atom stereocenters. The van der Waals surface area contributed by atoms with Crippen LogP contribution in [0.1, 0.15) is 32.6 Å². The molecule has 32 heavy (non-hydrogen) atoms. The minimum Gasteiger partial charge on any atom is -0.406 e. The highest BCUT2D eigenvalue weighted by Gasteiger charge is 2.42. The molecule has 9 heteroatoms. The molecule has 3 rings (SSSR count). The van der Waals surface area contributed by atoms with Gasteiger partial charge in [0, 0.05) is 39.3 Å². The lowest BCUT2D eigenvalue weighted by molar-refractivity contribution is 0.0732. The van der Waals surface area contributed by atoms with Crippen molar-refractivity contribution in [3.8, 4) is 0 Å². The van der Waals surface area contributed by atoms with Crippen LogP contribution in [0.4, 0.5) is 10.1 Å². The Balaban J connectivity index is 2.06. The summed E-state index contributed by atoms with van der Waals surface area (Å²) in [6.45, 7) is 19.1. The van der Waals surface area contributed by atoms with Gasteiger partial charge in [0.05, 0.1) is 5.39 Å². The number of hydrogen-bond acceptors (Lipinski definition) is 5. The first-order valence-corrected chi connectivity index (χ1v) is 17.9. The van der Waals surface area contributed by atoms with Gasteiger partial charge in [0.25, 0.3) is 5.56 Å². The number of hydrogen-bond donors (Lipinski definition) is 0. The summed E-state index contributed by atoms with van der Waals surface area (Å²) in [6.07, 6.45) is -0.296. The van der Waals surface area contributed by atoms with E-state index in [1.807, 2.05) is 11.9 Å². The fourth-order valence-corrected chi connectivity index (χ4v) is 5.60. The number of halogens is 1. The molecule has 0 N–H and O–H groups in total. The second kappa shape index (κ2) is 8.66. The molecular formula is C23H38FN3O3Si2. The summed E-state index contributed by atoms with van der Waals surface area (Å²) in [5.74, 6) is -0.427. The van der Waals surface area contributed by atoms with Crippen LogP contribution in [-0.4, -0.2) is 46.4 Å². The van der Waals surface area contributed by atoms with Crippen molar-refractivity contribution >= 4 is 32.9 Å². The third-order valence-electron chi connectivity index (χ3n) is 6.64. The molecule has 1 aliphatic rings. The molecule has 0 saturated heterocycles. The lowest BCUT2D eigenvalue weighted by Gasteiger charge is -2.42. The van der Waals surface area contributed by atoms with E-state index >= 15 is 0 Å². The molecule has 1 atom stereocenters. The Bertz CT molecular complexity index is 1060. The minimum absolute atomic E-state index is 0.0299. The number of rotatable bonds is 7. The van der Waals surface area contributed by atoms with Crippen LogP contribution in [0.2, 0.25) is 43.8 Å². The molecule has 0 fully saturated rings. The van der Waals surface area contributed by atoms with E-state index in [1.54, 1.807) is 0 Å². The van der Waals surface area contributed by atoms with Crippen molar-refractivity contribution in [2.24, 2.45) is 0 Å². The van der Waals surface area contributed by atoms with Gasteiger partial charge >= 0.3 is 0 Å². The normalized spacial score (nSPS) is 17.3. The maximum absolute atomic E-state index is 14.4. The summed E-state index contributed by atoms with van der Waals surface area (Å²) in [5.41, 5.74) is 1.05. The van der Waals surface area contributed by atoms with Crippen molar-refractivity contribution in [2.75, 3.05) is 25.1 Å². The van der Waals surface area contributed by atoms with Gasteiger partial charge in [-0.25, -0.2) is 9.07 Å². The molecule has 2 aromatic rings. The number of likely N-dealkylation sites (N-methyl/N-ethyl adjacent to an activating group) is 1. The standard InChI is InChI=1S/C23H38FN3O3Si2/c1-23(2,3)32(8,9)30-19-14-26(4)18-13-16(24)12-17-20(18)21(19)25-27(22(17)28)15-29-10-11-31(5,6)7/h12-13,19H,10-11,14-15H2,1-9H3. The van der Waals surface area contributed by atoms with Crippen molar-refractivity contribution in [3.05, 3.63) is 34.0 Å². The van der Waals surface area contributed by atoms with Crippen LogP contribution in [0.15, 0.2) is 16.9 Å². The quantitative estimate of drug-likeness (QED) is 0.395. The van der Waals surface area contributed by atoms with Crippen LogP contribution < -0.4 is 10.5 Å². The summed E-state index contributed by atoms with van der Waals surface area (Å²) < 4.78 is 28.3. The summed E-state index contributed by atoms with van der Waals surface area (Å²) >= 11 is 0. The van der Waals surface area contributed by atoms with Crippen LogP contribution in [0, 0.1) is 5.82 Å². The summed E-state index contributed by atoms with van der Waals surface area (Å²) in [4.78, 5) is 15.2. The number of benzene rings is 1. The van der Waals surface area contributed by atoms with Crippen molar-refractivity contribution in [2.45, 2.75) is 77.4 Å². The van der Waals surface area contributed by atoms with E-state index in [4.69, 9.17) is 14.3 Å². The Morgan fingerprint density at radius 2 is 1.84 bits per heavy atom. The highest BCUT2D eigenvalue weighted by atomic mass is 28.4. The smallest absolute Gasteiger partial charge is 0.277 e. The zero-order valence-electron chi connectivity index (χ0n) is 21.0. The van der Waals surface area contributed by atoms with Gasteiger partial charge in [-0.2, -0.15) is 5.10 Å². The minimum atomic E-state index is -2.11. The van der Waals surface area contributed by atoms with Crippen LogP contribution in [0.5, 0.6) is 0 Å². The molecule has 1 aromatic heterocycles. The van der Waals surface area contributed by atoms with Crippen molar-refractivity contribution in [3.63, 3.8) is 0 Å². The first-order valence-electron chi connectivity index (χ1n) is 11.3. The largest absolute Gasteiger partial charge is 0.406 e. The third kappa shape index (κ3) is 5.16. The molecule has 1 aliphatic heterocycles. The molecule has 0 spiro atoms. The molecule has 0 saturated carbocycles. The molecule has 178 valence electrons. The zero-order valence-corrected chi connectivity index (χ0v) is 23.0. The van der Waals surface area contributed by atoms with Gasteiger partial charge in [0.2, 0.25) is 0 Å². The Hall–Kier alpha value is -1.56. The SMILES string of the molecule is CN1CC(O[Si](C)(C)C(C)(C)C)c2nn(COCC[Si](C)(C)C)c(=O)c3cc(F)cc1c23. The van der Waals surface area contributed by atoms with E-state index in [0.717, 1.165) is 6.04 Å². The highest BCUT2D eigenvalue weighted by Crippen LogP contribution is 2.43. The molecule has 2 heterocycles. The second-order valence-corrected chi connectivity index (χ2v) is 22.0. The van der Waals surface area contributed by atoms with Crippen LogP contribution in [0.3, 0.4) is 0 Å². The predicted octanol–water partition coefficient (Wildman–Crippen LogP) is 5.36. The van der Waals surface area contributed by atoms with Crippen LogP contribution in [0.25, 0.3) is 10.8 Å². The third-order valence-corrected chi connectivity index (χ3v) is 12.8. The zero-order chi connectivity index (χ0) is 24.1. The fourth-order valence-electron chi connectivity index (χ4n) is 3.60. The molecule has 0 aliphatic carbocycles. The monoisotopic (exact) mass is 479 g/mol. The summed E-state index contributed by atoms with van der Waals surface area (Å²) in [7, 11) is -1.44. The average Bonchev–Trinajstić information content (AvgIpc) is 2.63. The van der Waals surface area contributed by atoms with Crippen LogP contribution >= 0.6 is 0 Å². The Labute approximate surface area is 192 Å². The van der Waals surface area contributed by atoms with E-state index in [-0.39, 0.29) is 23.4 Å². The van der Waals surface area contributed by atoms with Gasteiger partial charge in [-0.15, -0.1) is 0 Å². The Morgan fingerprint density at radius 1 is 1.19 bits per heavy atom. The topological polar surface area (TPSA) is 56.6 Å². The molecule has 6 nitrogen and oxygen atoms in total. The van der Waals surface area contributed by atoms with Gasteiger partial charge in [0.1, 0.15) is 24.3 Å². The summed E-state index contributed by atoms with van der Waals surface area (Å²) in [5, 5.41) is 5.76. The number of ether oxygens (including phenoxy) is 1. The van der Waals surface area contributed by atoms with Gasteiger partial charge in [-0.1, -0.05) is 40.4 Å². The number of anilines is 1. The average molecular weight is 480 g/mol. The van der Waals surface area contributed by atoms with Crippen molar-refractivity contribution in [1.29, 1.82) is 0 Å². The first-order chi connectivity index (χ1) is 14.6. The Morgan fingerprint density at radius 3 is 2.44 bits per heavy atom. The molecule has 0 amide bonds. The lowest BCUT2D eigenvalue weighted by atomic mass is 10.0. The molecule has 0 bridgehead atoms. The van der Waals surface area contributed by atoms with Crippen molar-refractivity contribution < 1.29 is 13.6 Å². The second-order valence-electron chi connectivity index (χ2n) is 11.6.